The number of carbonyl (C=O) groups excluding carboxylic acids is 1. The van der Waals surface area contributed by atoms with Crippen LogP contribution in [-0.4, -0.2) is 21.6 Å². The van der Waals surface area contributed by atoms with E-state index >= 15 is 0 Å². The summed E-state index contributed by atoms with van der Waals surface area (Å²) in [4.78, 5) is 20.4. The Hall–Kier alpha value is -0.480. The first-order valence-corrected chi connectivity index (χ1v) is 3.38. The van der Waals surface area contributed by atoms with Crippen molar-refractivity contribution >= 4 is 35.1 Å². The Morgan fingerprint density at radius 2 is 2.00 bits per heavy atom. The van der Waals surface area contributed by atoms with Crippen molar-refractivity contribution in [1.82, 2.24) is 0 Å². The van der Waals surface area contributed by atoms with Gasteiger partial charge in [-0.15, -0.1) is 0 Å². The van der Waals surface area contributed by atoms with Crippen LogP contribution in [0.5, 0.6) is 0 Å². The Bertz CT molecular complexity index is 172. The number of aliphatic carboxylic acids is 1. The van der Waals surface area contributed by atoms with Gasteiger partial charge < -0.3 is 9.84 Å². The fraction of sp³-hybridized carbons (Fsp3) is 0.600. The molecule has 6 heteroatoms. The quantitative estimate of drug-likeness (QED) is 0.422. The third-order valence-corrected chi connectivity index (χ3v) is 0.743. The minimum atomic E-state index is -1.66. The van der Waals surface area contributed by atoms with Crippen LogP contribution in [0, 0.1) is 0 Å². The van der Waals surface area contributed by atoms with E-state index in [2.05, 4.69) is 4.74 Å². The van der Waals surface area contributed by atoms with Gasteiger partial charge >= 0.3 is 11.9 Å². The number of esters is 1. The SMILES string of the molecule is CC(Cl)(Cl)OC(=O)CC(=O)O. The lowest BCUT2D eigenvalue weighted by Gasteiger charge is -2.12. The third-order valence-electron chi connectivity index (χ3n) is 0.589. The van der Waals surface area contributed by atoms with Gasteiger partial charge in [0.15, 0.2) is 0 Å². The standard InChI is InChI=1S/C5H6Cl2O4/c1-5(6,7)11-4(10)2-3(8)9/h2H2,1H3,(H,8,9). The van der Waals surface area contributed by atoms with Gasteiger partial charge in [-0.1, -0.05) is 23.2 Å². The lowest BCUT2D eigenvalue weighted by atomic mass is 10.4. The zero-order valence-electron chi connectivity index (χ0n) is 5.63. The van der Waals surface area contributed by atoms with Crippen LogP contribution in [0.2, 0.25) is 0 Å². The third kappa shape index (κ3) is 7.42. The Morgan fingerprint density at radius 1 is 1.55 bits per heavy atom. The molecule has 11 heavy (non-hydrogen) atoms. The highest BCUT2D eigenvalue weighted by Gasteiger charge is 2.22. The Kier molecular flexibility index (Phi) is 3.62. The number of ether oxygens (including phenoxy) is 1. The largest absolute Gasteiger partial charge is 0.481 e. The van der Waals surface area contributed by atoms with Gasteiger partial charge in [0.1, 0.15) is 6.42 Å². The molecule has 0 saturated carbocycles. The van der Waals surface area contributed by atoms with Gasteiger partial charge in [0.05, 0.1) is 0 Å². The molecule has 0 atom stereocenters. The predicted molar refractivity (Wildman–Crippen MR) is 38.5 cm³/mol. The summed E-state index contributed by atoms with van der Waals surface area (Å²) >= 11 is 10.5. The second-order valence-corrected chi connectivity index (χ2v) is 3.49. The predicted octanol–water partition coefficient (Wildman–Crippen LogP) is 1.16. The summed E-state index contributed by atoms with van der Waals surface area (Å²) in [5.41, 5.74) is 0. The maximum Gasteiger partial charge on any atom is 0.319 e. The number of rotatable bonds is 3. The number of hydrogen-bond donors (Lipinski definition) is 1. The van der Waals surface area contributed by atoms with E-state index in [1.54, 1.807) is 0 Å². The van der Waals surface area contributed by atoms with Crippen LogP contribution in [0.15, 0.2) is 0 Å². The van der Waals surface area contributed by atoms with Crippen LogP contribution in [0.1, 0.15) is 13.3 Å². The molecule has 64 valence electrons. The van der Waals surface area contributed by atoms with Crippen molar-refractivity contribution in [2.75, 3.05) is 0 Å². The van der Waals surface area contributed by atoms with E-state index in [0.29, 0.717) is 0 Å². The van der Waals surface area contributed by atoms with Crippen molar-refractivity contribution < 1.29 is 19.4 Å². The van der Waals surface area contributed by atoms with Gasteiger partial charge in [0.25, 0.3) is 4.52 Å². The molecule has 0 unspecified atom stereocenters. The molecule has 0 saturated heterocycles. The summed E-state index contributed by atoms with van der Waals surface area (Å²) < 4.78 is 2.60. The summed E-state index contributed by atoms with van der Waals surface area (Å²) in [6, 6.07) is 0. The summed E-state index contributed by atoms with van der Waals surface area (Å²) in [6.45, 7) is 1.22. The van der Waals surface area contributed by atoms with Crippen molar-refractivity contribution in [2.45, 2.75) is 17.9 Å². The Labute approximate surface area is 73.0 Å². The first-order chi connectivity index (χ1) is 4.81. The minimum Gasteiger partial charge on any atom is -0.481 e. The van der Waals surface area contributed by atoms with Gasteiger partial charge in [-0.2, -0.15) is 0 Å². The number of hydrogen-bond acceptors (Lipinski definition) is 3. The Morgan fingerprint density at radius 3 is 2.27 bits per heavy atom. The molecule has 1 N–H and O–H groups in total. The van der Waals surface area contributed by atoms with E-state index in [4.69, 9.17) is 28.3 Å². The second-order valence-electron chi connectivity index (χ2n) is 1.85. The molecule has 0 spiro atoms. The molecule has 0 radical (unpaired) electrons. The molecular weight excluding hydrogens is 195 g/mol. The maximum absolute atomic E-state index is 10.5. The summed E-state index contributed by atoms with van der Waals surface area (Å²) in [7, 11) is 0. The van der Waals surface area contributed by atoms with Crippen LogP contribution < -0.4 is 0 Å². The average molecular weight is 201 g/mol. The van der Waals surface area contributed by atoms with Crippen LogP contribution >= 0.6 is 23.2 Å². The van der Waals surface area contributed by atoms with E-state index in [1.807, 2.05) is 0 Å². The van der Waals surface area contributed by atoms with E-state index in [9.17, 15) is 9.59 Å². The van der Waals surface area contributed by atoms with Crippen LogP contribution in [-0.2, 0) is 14.3 Å². The highest BCUT2D eigenvalue weighted by molar-refractivity contribution is 6.47. The van der Waals surface area contributed by atoms with Crippen molar-refractivity contribution in [3.05, 3.63) is 0 Å². The van der Waals surface area contributed by atoms with Crippen molar-refractivity contribution in [1.29, 1.82) is 0 Å². The molecule has 0 aliphatic carbocycles. The highest BCUT2D eigenvalue weighted by Crippen LogP contribution is 2.21. The van der Waals surface area contributed by atoms with Gasteiger partial charge in [0, 0.05) is 6.92 Å². The fourth-order valence-corrected chi connectivity index (χ4v) is 0.532. The van der Waals surface area contributed by atoms with Crippen molar-refractivity contribution in [3.8, 4) is 0 Å². The molecule has 0 bridgehead atoms. The minimum absolute atomic E-state index is 0.741. The molecule has 0 aromatic rings. The monoisotopic (exact) mass is 200 g/mol. The molecular formula is C5H6Cl2O4. The molecule has 0 rings (SSSR count). The number of carboxylic acid groups (broad SMARTS) is 1. The molecule has 4 nitrogen and oxygen atoms in total. The first-order valence-electron chi connectivity index (χ1n) is 2.63. The first kappa shape index (κ1) is 10.5. The zero-order chi connectivity index (χ0) is 9.07. The zero-order valence-corrected chi connectivity index (χ0v) is 7.15. The lowest BCUT2D eigenvalue weighted by Crippen LogP contribution is -2.20. The van der Waals surface area contributed by atoms with Crippen LogP contribution in [0.25, 0.3) is 0 Å². The molecule has 0 fully saturated rings. The normalized spacial score (nSPS) is 10.8. The fourth-order valence-electron chi connectivity index (χ4n) is 0.359. The van der Waals surface area contributed by atoms with Crippen molar-refractivity contribution in [2.24, 2.45) is 0 Å². The number of alkyl halides is 2. The topological polar surface area (TPSA) is 63.6 Å². The number of halogens is 2. The highest BCUT2D eigenvalue weighted by atomic mass is 35.5. The van der Waals surface area contributed by atoms with Gasteiger partial charge in [0.2, 0.25) is 0 Å². The van der Waals surface area contributed by atoms with E-state index < -0.39 is 22.9 Å². The summed E-state index contributed by atoms with van der Waals surface area (Å²) in [6.07, 6.45) is -0.741. The summed E-state index contributed by atoms with van der Waals surface area (Å²) in [5.74, 6) is -2.25. The van der Waals surface area contributed by atoms with Crippen LogP contribution in [0.4, 0.5) is 0 Å². The van der Waals surface area contributed by atoms with E-state index in [0.717, 1.165) is 0 Å². The van der Waals surface area contributed by atoms with Crippen molar-refractivity contribution in [3.63, 3.8) is 0 Å². The van der Waals surface area contributed by atoms with Gasteiger partial charge in [-0.3, -0.25) is 9.59 Å². The Balaban J connectivity index is 3.80. The van der Waals surface area contributed by atoms with E-state index in [-0.39, 0.29) is 0 Å². The second kappa shape index (κ2) is 3.78. The lowest BCUT2D eigenvalue weighted by molar-refractivity contribution is -0.153. The molecule has 0 heterocycles. The molecule has 0 amide bonds. The number of carbonyl (C=O) groups is 2. The van der Waals surface area contributed by atoms with E-state index in [1.165, 1.54) is 6.92 Å². The maximum atomic E-state index is 10.5. The van der Waals surface area contributed by atoms with Gasteiger partial charge in [-0.25, -0.2) is 0 Å². The molecule has 0 aromatic carbocycles. The summed E-state index contributed by atoms with van der Waals surface area (Å²) in [5, 5.41) is 8.09. The van der Waals surface area contributed by atoms with Crippen LogP contribution in [0.3, 0.4) is 0 Å². The molecule has 0 aliphatic heterocycles. The molecule has 0 aromatic heterocycles. The molecule has 0 aliphatic rings. The average Bonchev–Trinajstić information content (AvgIpc) is 1.53. The van der Waals surface area contributed by atoms with Gasteiger partial charge in [-0.05, 0) is 0 Å². The number of carboxylic acids is 1. The smallest absolute Gasteiger partial charge is 0.319 e.